The first-order chi connectivity index (χ1) is 11.9. The molecule has 2 aliphatic heterocycles. The van der Waals surface area contributed by atoms with Crippen LogP contribution >= 0.6 is 0 Å². The Morgan fingerprint density at radius 2 is 1.84 bits per heavy atom. The van der Waals surface area contributed by atoms with Crippen molar-refractivity contribution >= 4 is 11.9 Å². The first-order valence-electron chi connectivity index (χ1n) is 9.00. The summed E-state index contributed by atoms with van der Waals surface area (Å²) in [7, 11) is 0. The van der Waals surface area contributed by atoms with Crippen LogP contribution in [-0.2, 0) is 10.3 Å². The van der Waals surface area contributed by atoms with Crippen LogP contribution in [0.4, 0.5) is 4.79 Å². The lowest BCUT2D eigenvalue weighted by Crippen LogP contribution is -2.45. The molecule has 2 fully saturated rings. The summed E-state index contributed by atoms with van der Waals surface area (Å²) in [5.74, 6) is 0.418. The van der Waals surface area contributed by atoms with Crippen LogP contribution < -0.4 is 5.32 Å². The molecule has 0 aliphatic carbocycles. The third kappa shape index (κ3) is 3.70. The zero-order valence-electron chi connectivity index (χ0n) is 14.9. The van der Waals surface area contributed by atoms with Gasteiger partial charge in [0.05, 0.1) is 12.6 Å². The molecule has 3 amide bonds. The van der Waals surface area contributed by atoms with E-state index >= 15 is 0 Å². The molecule has 3 rings (SSSR count). The zero-order chi connectivity index (χ0) is 18.0. The minimum atomic E-state index is -1.07. The van der Waals surface area contributed by atoms with Crippen molar-refractivity contribution in [2.24, 2.45) is 5.92 Å². The second kappa shape index (κ2) is 7.14. The topological polar surface area (TPSA) is 72.9 Å². The SMILES string of the molecule is CC1CCN(C[C@H](O)CN2C(=O)N[C@](C)(c3ccccc3)C2=O)CC1. The number of amides is 3. The van der Waals surface area contributed by atoms with Gasteiger partial charge < -0.3 is 15.3 Å². The van der Waals surface area contributed by atoms with Crippen LogP contribution in [0.15, 0.2) is 30.3 Å². The number of hydrogen-bond acceptors (Lipinski definition) is 4. The molecule has 2 saturated heterocycles. The van der Waals surface area contributed by atoms with Gasteiger partial charge >= 0.3 is 6.03 Å². The molecule has 2 aliphatic rings. The van der Waals surface area contributed by atoms with Crippen molar-refractivity contribution in [2.45, 2.75) is 38.3 Å². The van der Waals surface area contributed by atoms with E-state index in [4.69, 9.17) is 0 Å². The number of imide groups is 1. The van der Waals surface area contributed by atoms with Crippen molar-refractivity contribution in [3.8, 4) is 0 Å². The first-order valence-corrected chi connectivity index (χ1v) is 9.00. The second-order valence-corrected chi connectivity index (χ2v) is 7.47. The molecule has 2 N–H and O–H groups in total. The number of aliphatic hydroxyl groups is 1. The van der Waals surface area contributed by atoms with E-state index in [0.717, 1.165) is 42.3 Å². The number of carbonyl (C=O) groups is 2. The number of nitrogens with zero attached hydrogens (tertiary/aromatic N) is 2. The fourth-order valence-electron chi connectivity index (χ4n) is 3.64. The van der Waals surface area contributed by atoms with Crippen molar-refractivity contribution in [1.29, 1.82) is 0 Å². The molecule has 0 aromatic heterocycles. The number of benzene rings is 1. The predicted molar refractivity (Wildman–Crippen MR) is 94.9 cm³/mol. The Morgan fingerprint density at radius 1 is 1.20 bits per heavy atom. The van der Waals surface area contributed by atoms with Gasteiger partial charge in [-0.05, 0) is 44.3 Å². The standard InChI is InChI=1S/C19H27N3O3/c1-14-8-10-21(11-9-14)12-16(23)13-22-17(24)19(2,20-18(22)25)15-6-4-3-5-7-15/h3-7,14,16,23H,8-13H2,1-2H3,(H,20,25)/t16-,19+/m0/s1. The monoisotopic (exact) mass is 345 g/mol. The van der Waals surface area contributed by atoms with Crippen LogP contribution in [0.2, 0.25) is 0 Å². The average Bonchev–Trinajstić information content (AvgIpc) is 2.82. The Bertz CT molecular complexity index is 628. The van der Waals surface area contributed by atoms with Gasteiger partial charge in [-0.1, -0.05) is 37.3 Å². The Kier molecular flexibility index (Phi) is 5.11. The summed E-state index contributed by atoms with van der Waals surface area (Å²) in [6.07, 6.45) is 1.52. The molecule has 1 aromatic carbocycles. The van der Waals surface area contributed by atoms with Crippen molar-refractivity contribution in [3.63, 3.8) is 0 Å². The van der Waals surface area contributed by atoms with Crippen molar-refractivity contribution in [1.82, 2.24) is 15.1 Å². The third-order valence-electron chi connectivity index (χ3n) is 5.36. The largest absolute Gasteiger partial charge is 0.390 e. The van der Waals surface area contributed by atoms with E-state index in [1.165, 1.54) is 0 Å². The molecule has 25 heavy (non-hydrogen) atoms. The number of aliphatic hydroxyl groups excluding tert-OH is 1. The molecule has 0 radical (unpaired) electrons. The van der Waals surface area contributed by atoms with E-state index in [1.54, 1.807) is 6.92 Å². The lowest BCUT2D eigenvalue weighted by atomic mass is 9.92. The van der Waals surface area contributed by atoms with Crippen LogP contribution in [0.1, 0.15) is 32.3 Å². The number of β-amino-alcohol motifs (C(OH)–C–C–N with tert-alkyl or cyclic N) is 1. The number of rotatable bonds is 5. The molecule has 6 heteroatoms. The predicted octanol–water partition coefficient (Wildman–Crippen LogP) is 1.55. The van der Waals surface area contributed by atoms with Gasteiger partial charge in [0.1, 0.15) is 5.54 Å². The summed E-state index contributed by atoms with van der Waals surface area (Å²) in [4.78, 5) is 28.5. The normalized spacial score (nSPS) is 26.8. The summed E-state index contributed by atoms with van der Waals surface area (Å²) in [6, 6.07) is 8.77. The summed E-state index contributed by atoms with van der Waals surface area (Å²) in [6.45, 7) is 6.39. The highest BCUT2D eigenvalue weighted by Gasteiger charge is 2.49. The molecule has 0 bridgehead atoms. The quantitative estimate of drug-likeness (QED) is 0.794. The maximum absolute atomic E-state index is 12.8. The molecule has 0 saturated carbocycles. The summed E-state index contributed by atoms with van der Waals surface area (Å²) in [5, 5.41) is 13.2. The summed E-state index contributed by atoms with van der Waals surface area (Å²) < 4.78 is 0. The van der Waals surface area contributed by atoms with E-state index in [1.807, 2.05) is 30.3 Å². The number of hydrogen-bond donors (Lipinski definition) is 2. The van der Waals surface area contributed by atoms with Crippen LogP contribution in [-0.4, -0.2) is 59.1 Å². The smallest absolute Gasteiger partial charge is 0.325 e. The fraction of sp³-hybridized carbons (Fsp3) is 0.579. The van der Waals surface area contributed by atoms with Gasteiger partial charge in [0.15, 0.2) is 0 Å². The molecule has 136 valence electrons. The lowest BCUT2D eigenvalue weighted by Gasteiger charge is -2.32. The van der Waals surface area contributed by atoms with Gasteiger partial charge in [0.25, 0.3) is 5.91 Å². The fourth-order valence-corrected chi connectivity index (χ4v) is 3.64. The number of nitrogens with one attached hydrogen (secondary N) is 1. The first kappa shape index (κ1) is 17.9. The molecule has 1 aromatic rings. The van der Waals surface area contributed by atoms with Crippen LogP contribution in [0.5, 0.6) is 0 Å². The maximum Gasteiger partial charge on any atom is 0.325 e. The van der Waals surface area contributed by atoms with Crippen molar-refractivity contribution in [3.05, 3.63) is 35.9 Å². The Balaban J connectivity index is 1.63. The Morgan fingerprint density at radius 3 is 2.48 bits per heavy atom. The van der Waals surface area contributed by atoms with E-state index in [2.05, 4.69) is 17.1 Å². The number of piperidine rings is 1. The minimum Gasteiger partial charge on any atom is -0.390 e. The van der Waals surface area contributed by atoms with Crippen molar-refractivity contribution < 1.29 is 14.7 Å². The maximum atomic E-state index is 12.8. The average molecular weight is 345 g/mol. The second-order valence-electron chi connectivity index (χ2n) is 7.47. The number of likely N-dealkylation sites (tertiary alicyclic amines) is 1. The summed E-state index contributed by atoms with van der Waals surface area (Å²) in [5.41, 5.74) is -0.325. The number of carbonyl (C=O) groups excluding carboxylic acids is 2. The highest BCUT2D eigenvalue weighted by molar-refractivity contribution is 6.07. The van der Waals surface area contributed by atoms with Gasteiger partial charge in [-0.25, -0.2) is 4.79 Å². The Hall–Kier alpha value is -1.92. The Labute approximate surface area is 148 Å². The molecular weight excluding hydrogens is 318 g/mol. The molecular formula is C19H27N3O3. The highest BCUT2D eigenvalue weighted by atomic mass is 16.3. The third-order valence-corrected chi connectivity index (χ3v) is 5.36. The highest BCUT2D eigenvalue weighted by Crippen LogP contribution is 2.28. The van der Waals surface area contributed by atoms with Gasteiger partial charge in [-0.15, -0.1) is 0 Å². The number of urea groups is 1. The molecule has 0 unspecified atom stereocenters. The molecule has 6 nitrogen and oxygen atoms in total. The minimum absolute atomic E-state index is 0.0269. The van der Waals surface area contributed by atoms with Crippen LogP contribution in [0.25, 0.3) is 0 Å². The lowest BCUT2D eigenvalue weighted by molar-refractivity contribution is -0.132. The van der Waals surface area contributed by atoms with E-state index in [9.17, 15) is 14.7 Å². The van der Waals surface area contributed by atoms with E-state index < -0.39 is 17.7 Å². The van der Waals surface area contributed by atoms with Gasteiger partial charge in [-0.3, -0.25) is 9.69 Å². The molecule has 2 atom stereocenters. The van der Waals surface area contributed by atoms with E-state index in [0.29, 0.717) is 6.54 Å². The van der Waals surface area contributed by atoms with Gasteiger partial charge in [0.2, 0.25) is 0 Å². The molecule has 2 heterocycles. The van der Waals surface area contributed by atoms with Crippen LogP contribution in [0, 0.1) is 5.92 Å². The van der Waals surface area contributed by atoms with Gasteiger partial charge in [-0.2, -0.15) is 0 Å². The van der Waals surface area contributed by atoms with E-state index in [-0.39, 0.29) is 12.5 Å². The zero-order valence-corrected chi connectivity index (χ0v) is 14.9. The summed E-state index contributed by atoms with van der Waals surface area (Å²) >= 11 is 0. The van der Waals surface area contributed by atoms with Crippen molar-refractivity contribution in [2.75, 3.05) is 26.2 Å². The van der Waals surface area contributed by atoms with Gasteiger partial charge in [0, 0.05) is 6.54 Å². The molecule has 0 spiro atoms. The van der Waals surface area contributed by atoms with Crippen LogP contribution in [0.3, 0.4) is 0 Å².